The van der Waals surface area contributed by atoms with Gasteiger partial charge in [0.2, 0.25) is 11.8 Å². The molecule has 8 heteroatoms. The van der Waals surface area contributed by atoms with E-state index in [1.165, 1.54) is 6.20 Å². The molecule has 2 amide bonds. The quantitative estimate of drug-likeness (QED) is 0.629. The molecule has 1 aromatic heterocycles. The van der Waals surface area contributed by atoms with E-state index in [0.717, 1.165) is 4.90 Å². The highest BCUT2D eigenvalue weighted by atomic mass is 31.2. The Morgan fingerprint density at radius 1 is 1.08 bits per heavy atom. The van der Waals surface area contributed by atoms with Crippen LogP contribution in [0.4, 0.5) is 5.82 Å². The number of amides is 2. The van der Waals surface area contributed by atoms with E-state index in [2.05, 4.69) is 4.98 Å². The predicted molar refractivity (Wildman–Crippen MR) is 91.9 cm³/mol. The standard InChI is InChI=1S/C16H25N2O5P/c1-5-14(19)18(15(20)6-2)16-13(10-9-11-17-16)12-24(21,22-7-3)23-8-4/h9-11H,5-8,12H2,1-4H3. The van der Waals surface area contributed by atoms with E-state index in [1.54, 1.807) is 39.8 Å². The van der Waals surface area contributed by atoms with Gasteiger partial charge in [-0.25, -0.2) is 9.88 Å². The van der Waals surface area contributed by atoms with Crippen LogP contribution in [-0.4, -0.2) is 30.0 Å². The van der Waals surface area contributed by atoms with E-state index in [4.69, 9.17) is 9.05 Å². The van der Waals surface area contributed by atoms with Crippen LogP contribution in [0, 0.1) is 0 Å². The number of hydrogen-bond acceptors (Lipinski definition) is 6. The highest BCUT2D eigenvalue weighted by molar-refractivity contribution is 7.53. The smallest absolute Gasteiger partial charge is 0.309 e. The summed E-state index contributed by atoms with van der Waals surface area (Å²) in [6, 6.07) is 3.33. The molecule has 0 saturated heterocycles. The van der Waals surface area contributed by atoms with Crippen molar-refractivity contribution in [1.29, 1.82) is 0 Å². The maximum absolute atomic E-state index is 12.8. The third kappa shape index (κ3) is 5.23. The molecular formula is C16H25N2O5P. The molecule has 1 rings (SSSR count). The Hall–Kier alpha value is -1.56. The van der Waals surface area contributed by atoms with Gasteiger partial charge in [0.25, 0.3) is 0 Å². The van der Waals surface area contributed by atoms with Crippen LogP contribution in [0.15, 0.2) is 18.3 Å². The molecule has 0 aromatic carbocycles. The van der Waals surface area contributed by atoms with Gasteiger partial charge < -0.3 is 9.05 Å². The molecule has 0 saturated carbocycles. The Labute approximate surface area is 142 Å². The van der Waals surface area contributed by atoms with E-state index in [0.29, 0.717) is 5.56 Å². The van der Waals surface area contributed by atoms with Gasteiger partial charge in [-0.05, 0) is 19.9 Å². The summed E-state index contributed by atoms with van der Waals surface area (Å²) in [5.74, 6) is -0.523. The van der Waals surface area contributed by atoms with Gasteiger partial charge in [-0.15, -0.1) is 0 Å². The van der Waals surface area contributed by atoms with Crippen LogP contribution in [0.3, 0.4) is 0 Å². The fourth-order valence-corrected chi connectivity index (χ4v) is 3.89. The van der Waals surface area contributed by atoms with Crippen molar-refractivity contribution in [3.05, 3.63) is 23.9 Å². The Balaban J connectivity index is 3.29. The zero-order valence-electron chi connectivity index (χ0n) is 14.7. The lowest BCUT2D eigenvalue weighted by molar-refractivity contribution is -0.126. The Kier molecular flexibility index (Phi) is 8.25. The number of rotatable bonds is 9. The number of hydrogen-bond donors (Lipinski definition) is 0. The fourth-order valence-electron chi connectivity index (χ4n) is 2.18. The third-order valence-corrected chi connectivity index (χ3v) is 5.23. The lowest BCUT2D eigenvalue weighted by Gasteiger charge is -2.23. The molecule has 1 aromatic rings. The maximum atomic E-state index is 12.8. The Bertz CT molecular complexity index is 594. The number of carbonyl (C=O) groups excluding carboxylic acids is 2. The monoisotopic (exact) mass is 356 g/mol. The summed E-state index contributed by atoms with van der Waals surface area (Å²) in [6.07, 6.45) is 1.76. The lowest BCUT2D eigenvalue weighted by atomic mass is 10.2. The summed E-state index contributed by atoms with van der Waals surface area (Å²) in [5, 5.41) is 0. The number of nitrogens with zero attached hydrogens (tertiary/aromatic N) is 2. The zero-order chi connectivity index (χ0) is 18.2. The van der Waals surface area contributed by atoms with Crippen molar-refractivity contribution in [3.8, 4) is 0 Å². The molecule has 1 heterocycles. The molecule has 0 radical (unpaired) electrons. The summed E-state index contributed by atoms with van der Waals surface area (Å²) in [6.45, 7) is 7.27. The molecule has 0 aliphatic heterocycles. The second-order valence-corrected chi connectivity index (χ2v) is 6.98. The Morgan fingerprint density at radius 2 is 1.62 bits per heavy atom. The van der Waals surface area contributed by atoms with Crippen LogP contribution in [0.5, 0.6) is 0 Å². The van der Waals surface area contributed by atoms with E-state index < -0.39 is 7.60 Å². The SMILES string of the molecule is CCOP(=O)(Cc1cccnc1N(C(=O)CC)C(=O)CC)OCC. The van der Waals surface area contributed by atoms with Crippen molar-refractivity contribution >= 4 is 25.2 Å². The predicted octanol–water partition coefficient (Wildman–Crippen LogP) is 3.53. The number of pyridine rings is 1. The first kappa shape index (κ1) is 20.5. The van der Waals surface area contributed by atoms with Gasteiger partial charge in [0.05, 0.1) is 19.4 Å². The molecule has 0 N–H and O–H groups in total. The van der Waals surface area contributed by atoms with Gasteiger partial charge in [-0.1, -0.05) is 19.9 Å². The topological polar surface area (TPSA) is 85.8 Å². The van der Waals surface area contributed by atoms with Crippen LogP contribution in [0.2, 0.25) is 0 Å². The number of carbonyl (C=O) groups is 2. The van der Waals surface area contributed by atoms with Gasteiger partial charge in [0, 0.05) is 24.6 Å². The molecule has 7 nitrogen and oxygen atoms in total. The third-order valence-electron chi connectivity index (χ3n) is 3.20. The molecule has 0 aliphatic carbocycles. The second-order valence-electron chi connectivity index (χ2n) is 4.92. The van der Waals surface area contributed by atoms with Crippen molar-refractivity contribution in [1.82, 2.24) is 4.98 Å². The summed E-state index contributed by atoms with van der Waals surface area (Å²) in [7, 11) is -3.37. The van der Waals surface area contributed by atoms with Crippen molar-refractivity contribution in [2.45, 2.75) is 46.7 Å². The number of imide groups is 1. The first-order chi connectivity index (χ1) is 11.4. The van der Waals surface area contributed by atoms with Gasteiger partial charge in [0.1, 0.15) is 5.82 Å². The van der Waals surface area contributed by atoms with Gasteiger partial charge in [0.15, 0.2) is 0 Å². The fraction of sp³-hybridized carbons (Fsp3) is 0.562. The molecule has 0 atom stereocenters. The molecular weight excluding hydrogens is 331 g/mol. The van der Waals surface area contributed by atoms with Gasteiger partial charge in [-0.3, -0.25) is 14.2 Å². The molecule has 134 valence electrons. The van der Waals surface area contributed by atoms with Crippen LogP contribution in [-0.2, 0) is 29.4 Å². The van der Waals surface area contributed by atoms with Crippen LogP contribution < -0.4 is 4.90 Å². The Morgan fingerprint density at radius 3 is 2.08 bits per heavy atom. The lowest BCUT2D eigenvalue weighted by Crippen LogP contribution is -2.37. The van der Waals surface area contributed by atoms with Crippen LogP contribution in [0.25, 0.3) is 0 Å². The average molecular weight is 356 g/mol. The van der Waals surface area contributed by atoms with E-state index in [1.807, 2.05) is 0 Å². The molecule has 0 spiro atoms. The molecule has 0 aliphatic rings. The van der Waals surface area contributed by atoms with E-state index in [9.17, 15) is 14.2 Å². The first-order valence-corrected chi connectivity index (χ1v) is 9.82. The minimum Gasteiger partial charge on any atom is -0.309 e. The summed E-state index contributed by atoms with van der Waals surface area (Å²) < 4.78 is 23.4. The van der Waals surface area contributed by atoms with Gasteiger partial charge in [-0.2, -0.15) is 0 Å². The highest BCUT2D eigenvalue weighted by Gasteiger charge is 2.30. The van der Waals surface area contributed by atoms with Crippen LogP contribution >= 0.6 is 7.60 Å². The second kappa shape index (κ2) is 9.67. The van der Waals surface area contributed by atoms with E-state index >= 15 is 0 Å². The maximum Gasteiger partial charge on any atom is 0.335 e. The van der Waals surface area contributed by atoms with Crippen molar-refractivity contribution in [2.75, 3.05) is 18.1 Å². The average Bonchev–Trinajstić information content (AvgIpc) is 2.56. The van der Waals surface area contributed by atoms with Crippen molar-refractivity contribution < 1.29 is 23.2 Å². The summed E-state index contributed by atoms with van der Waals surface area (Å²) >= 11 is 0. The minimum atomic E-state index is -3.37. The molecule has 0 bridgehead atoms. The molecule has 24 heavy (non-hydrogen) atoms. The largest absolute Gasteiger partial charge is 0.335 e. The van der Waals surface area contributed by atoms with Crippen molar-refractivity contribution in [3.63, 3.8) is 0 Å². The zero-order valence-corrected chi connectivity index (χ0v) is 15.5. The summed E-state index contributed by atoms with van der Waals surface area (Å²) in [4.78, 5) is 29.7. The highest BCUT2D eigenvalue weighted by Crippen LogP contribution is 2.52. The molecule has 0 unspecified atom stereocenters. The van der Waals surface area contributed by atoms with Crippen LogP contribution in [0.1, 0.15) is 46.1 Å². The minimum absolute atomic E-state index is 0.0532. The first-order valence-electron chi connectivity index (χ1n) is 8.10. The number of anilines is 1. The van der Waals surface area contributed by atoms with E-state index in [-0.39, 0.29) is 49.8 Å². The summed E-state index contributed by atoms with van der Waals surface area (Å²) in [5.41, 5.74) is 0.478. The molecule has 0 fully saturated rings. The number of aromatic nitrogens is 1. The van der Waals surface area contributed by atoms with Gasteiger partial charge >= 0.3 is 7.60 Å². The van der Waals surface area contributed by atoms with Crippen molar-refractivity contribution in [2.24, 2.45) is 0 Å². The normalized spacial score (nSPS) is 11.3.